The van der Waals surface area contributed by atoms with Gasteiger partial charge in [-0.2, -0.15) is 0 Å². The SMILES string of the molecule is CCCS(=O)(=O)Nc1cc(F)c(Oc2ncccc2-c2ccnc(N[C@@H]3CC[C@@H](N)NC3)n2)c(F)c1. The zero-order valence-corrected chi connectivity index (χ0v) is 20.4. The van der Waals surface area contributed by atoms with Crippen LogP contribution in [-0.2, 0) is 10.0 Å². The van der Waals surface area contributed by atoms with E-state index in [0.717, 1.165) is 25.0 Å². The highest BCUT2D eigenvalue weighted by Crippen LogP contribution is 2.34. The number of nitrogens with zero attached hydrogens (tertiary/aromatic N) is 3. The van der Waals surface area contributed by atoms with E-state index < -0.39 is 27.4 Å². The van der Waals surface area contributed by atoms with Gasteiger partial charge in [-0.3, -0.25) is 4.72 Å². The number of rotatable bonds is 9. The molecule has 1 aromatic carbocycles. The van der Waals surface area contributed by atoms with Gasteiger partial charge in [0.1, 0.15) is 0 Å². The fourth-order valence-electron chi connectivity index (χ4n) is 3.74. The molecule has 3 aromatic rings. The van der Waals surface area contributed by atoms with Crippen molar-refractivity contribution in [1.82, 2.24) is 20.3 Å². The van der Waals surface area contributed by atoms with E-state index in [-0.39, 0.29) is 29.5 Å². The van der Waals surface area contributed by atoms with Crippen molar-refractivity contribution in [2.24, 2.45) is 5.73 Å². The Balaban J connectivity index is 1.56. The highest BCUT2D eigenvalue weighted by atomic mass is 32.2. The van der Waals surface area contributed by atoms with Crippen molar-refractivity contribution in [2.75, 3.05) is 22.3 Å². The minimum Gasteiger partial charge on any atom is -0.432 e. The number of pyridine rings is 1. The summed E-state index contributed by atoms with van der Waals surface area (Å²) < 4.78 is 61.1. The van der Waals surface area contributed by atoms with Gasteiger partial charge in [-0.25, -0.2) is 32.2 Å². The maximum Gasteiger partial charge on any atom is 0.232 e. The molecule has 13 heteroatoms. The Morgan fingerprint density at radius 2 is 1.94 bits per heavy atom. The number of benzene rings is 1. The molecule has 1 aliphatic heterocycles. The number of sulfonamides is 1. The summed E-state index contributed by atoms with van der Waals surface area (Å²) in [7, 11) is -3.72. The summed E-state index contributed by atoms with van der Waals surface area (Å²) in [5.41, 5.74) is 6.44. The van der Waals surface area contributed by atoms with Crippen LogP contribution in [0.5, 0.6) is 11.6 Å². The highest BCUT2D eigenvalue weighted by Gasteiger charge is 2.21. The number of nitrogens with one attached hydrogen (secondary N) is 3. The van der Waals surface area contributed by atoms with Crippen molar-refractivity contribution in [1.29, 1.82) is 0 Å². The lowest BCUT2D eigenvalue weighted by Crippen LogP contribution is -2.49. The van der Waals surface area contributed by atoms with Crippen LogP contribution in [0.1, 0.15) is 26.2 Å². The maximum atomic E-state index is 14.8. The predicted molar refractivity (Wildman–Crippen MR) is 132 cm³/mol. The third-order valence-corrected chi connectivity index (χ3v) is 6.92. The van der Waals surface area contributed by atoms with Crippen LogP contribution in [-0.4, -0.2) is 47.9 Å². The second-order valence-electron chi connectivity index (χ2n) is 8.35. The van der Waals surface area contributed by atoms with Gasteiger partial charge in [0, 0.05) is 37.1 Å². The van der Waals surface area contributed by atoms with Crippen LogP contribution in [0.4, 0.5) is 20.4 Å². The Labute approximate surface area is 207 Å². The van der Waals surface area contributed by atoms with E-state index >= 15 is 0 Å². The van der Waals surface area contributed by atoms with E-state index in [9.17, 15) is 17.2 Å². The molecule has 0 saturated carbocycles. The fourth-order valence-corrected chi connectivity index (χ4v) is 4.86. The van der Waals surface area contributed by atoms with Crippen LogP contribution in [0.25, 0.3) is 11.3 Å². The van der Waals surface area contributed by atoms with Crippen molar-refractivity contribution < 1.29 is 21.9 Å². The van der Waals surface area contributed by atoms with E-state index in [2.05, 4.69) is 30.3 Å². The molecule has 192 valence electrons. The summed E-state index contributed by atoms with van der Waals surface area (Å²) >= 11 is 0. The molecule has 1 saturated heterocycles. The van der Waals surface area contributed by atoms with E-state index in [1.54, 1.807) is 31.3 Å². The van der Waals surface area contributed by atoms with Crippen LogP contribution in [0.3, 0.4) is 0 Å². The lowest BCUT2D eigenvalue weighted by molar-refractivity contribution is 0.385. The molecule has 0 amide bonds. The molecule has 1 aliphatic rings. The third-order valence-electron chi connectivity index (χ3n) is 5.43. The number of ether oxygens (including phenoxy) is 1. The second kappa shape index (κ2) is 11.1. The monoisotopic (exact) mass is 519 g/mol. The third kappa shape index (κ3) is 6.42. The molecular formula is C23H27F2N7O3S. The first-order chi connectivity index (χ1) is 17.2. The topological polar surface area (TPSA) is 144 Å². The Morgan fingerprint density at radius 3 is 2.64 bits per heavy atom. The standard InChI is InChI=1S/C23H27F2N7O3S/c1-2-10-36(33,34)32-15-11-17(24)21(18(25)12-15)35-22-16(4-3-8-27-22)19-7-9-28-23(31-19)30-14-5-6-20(26)29-13-14/h3-4,7-9,11-12,14,20,29,32H,2,5-6,10,13,26H2,1H3,(H,28,30,31)/t14-,20+/m1/s1. The summed E-state index contributed by atoms with van der Waals surface area (Å²) in [4.78, 5) is 12.9. The normalized spacial score (nSPS) is 18.0. The van der Waals surface area contributed by atoms with Crippen molar-refractivity contribution in [3.8, 4) is 22.9 Å². The molecule has 1 fully saturated rings. The number of halogens is 2. The molecule has 5 N–H and O–H groups in total. The minimum atomic E-state index is -3.72. The van der Waals surface area contributed by atoms with Crippen LogP contribution in [0.2, 0.25) is 0 Å². The Kier molecular flexibility index (Phi) is 7.91. The van der Waals surface area contributed by atoms with Crippen molar-refractivity contribution in [3.63, 3.8) is 0 Å². The number of piperidine rings is 1. The highest BCUT2D eigenvalue weighted by molar-refractivity contribution is 7.92. The smallest absolute Gasteiger partial charge is 0.232 e. The van der Waals surface area contributed by atoms with Gasteiger partial charge in [-0.05, 0) is 37.5 Å². The molecule has 2 aromatic heterocycles. The first-order valence-corrected chi connectivity index (χ1v) is 13.1. The summed E-state index contributed by atoms with van der Waals surface area (Å²) in [5, 5.41) is 6.44. The maximum absolute atomic E-state index is 14.8. The molecule has 10 nitrogen and oxygen atoms in total. The largest absolute Gasteiger partial charge is 0.432 e. The Bertz CT molecular complexity index is 1300. The Hall–Kier alpha value is -3.42. The van der Waals surface area contributed by atoms with E-state index in [4.69, 9.17) is 10.5 Å². The fraction of sp³-hybridized carbons (Fsp3) is 0.348. The number of aromatic nitrogens is 3. The minimum absolute atomic E-state index is 0.0308. The zero-order chi connectivity index (χ0) is 25.7. The van der Waals surface area contributed by atoms with Crippen LogP contribution in [0.15, 0.2) is 42.7 Å². The van der Waals surface area contributed by atoms with Gasteiger partial charge in [0.15, 0.2) is 11.6 Å². The number of hydrogen-bond acceptors (Lipinski definition) is 9. The van der Waals surface area contributed by atoms with Gasteiger partial charge in [0.05, 0.1) is 28.9 Å². The average Bonchev–Trinajstić information content (AvgIpc) is 2.83. The predicted octanol–water partition coefficient (Wildman–Crippen LogP) is 3.21. The van der Waals surface area contributed by atoms with Gasteiger partial charge in [0.25, 0.3) is 0 Å². The van der Waals surface area contributed by atoms with Gasteiger partial charge in [-0.15, -0.1) is 0 Å². The first kappa shape index (κ1) is 25.7. The average molecular weight is 520 g/mol. The van der Waals surface area contributed by atoms with Gasteiger partial charge in [-0.1, -0.05) is 6.92 Å². The quantitative estimate of drug-likeness (QED) is 0.335. The summed E-state index contributed by atoms with van der Waals surface area (Å²) in [6, 6.07) is 6.72. The molecule has 0 unspecified atom stereocenters. The lowest BCUT2D eigenvalue weighted by Gasteiger charge is -2.28. The van der Waals surface area contributed by atoms with Crippen molar-refractivity contribution in [2.45, 2.75) is 38.4 Å². The van der Waals surface area contributed by atoms with Crippen molar-refractivity contribution in [3.05, 3.63) is 54.4 Å². The van der Waals surface area contributed by atoms with Gasteiger partial charge in [0.2, 0.25) is 27.6 Å². The van der Waals surface area contributed by atoms with E-state index in [0.29, 0.717) is 30.2 Å². The van der Waals surface area contributed by atoms with Crippen LogP contribution in [0, 0.1) is 11.6 Å². The molecule has 0 bridgehead atoms. The number of hydrogen-bond donors (Lipinski definition) is 4. The van der Waals surface area contributed by atoms with E-state index in [1.807, 2.05) is 0 Å². The molecule has 4 rings (SSSR count). The first-order valence-electron chi connectivity index (χ1n) is 11.5. The van der Waals surface area contributed by atoms with Gasteiger partial charge < -0.3 is 21.1 Å². The number of anilines is 2. The molecule has 36 heavy (non-hydrogen) atoms. The zero-order valence-electron chi connectivity index (χ0n) is 19.5. The van der Waals surface area contributed by atoms with Crippen molar-refractivity contribution >= 4 is 21.7 Å². The van der Waals surface area contributed by atoms with Crippen LogP contribution < -0.4 is 25.8 Å². The summed E-state index contributed by atoms with van der Waals surface area (Å²) in [6.07, 6.45) is 4.97. The Morgan fingerprint density at radius 1 is 1.17 bits per heavy atom. The number of nitrogens with two attached hydrogens (primary N) is 1. The van der Waals surface area contributed by atoms with Gasteiger partial charge >= 0.3 is 0 Å². The summed E-state index contributed by atoms with van der Waals surface area (Å²) in [6.45, 7) is 2.35. The molecule has 0 spiro atoms. The molecule has 0 aliphatic carbocycles. The molecular weight excluding hydrogens is 492 g/mol. The molecule has 0 radical (unpaired) electrons. The van der Waals surface area contributed by atoms with E-state index in [1.165, 1.54) is 6.20 Å². The molecule has 2 atom stereocenters. The van der Waals surface area contributed by atoms with Crippen LogP contribution >= 0.6 is 0 Å². The summed E-state index contributed by atoms with van der Waals surface area (Å²) in [5.74, 6) is -2.77. The second-order valence-corrected chi connectivity index (χ2v) is 10.2. The molecule has 3 heterocycles. The lowest BCUT2D eigenvalue weighted by atomic mass is 10.1.